The maximum absolute atomic E-state index is 13.9. The Morgan fingerprint density at radius 1 is 1.04 bits per heavy atom. The lowest BCUT2D eigenvalue weighted by atomic mass is 9.84. The second-order valence-corrected chi connectivity index (χ2v) is 12.2. The number of halogens is 2. The number of fused-ring (bicyclic) bond motifs is 2. The second-order valence-electron chi connectivity index (χ2n) is 12.2. The molecule has 2 aromatic heterocycles. The summed E-state index contributed by atoms with van der Waals surface area (Å²) in [5.41, 5.74) is 10.2. The molecule has 0 bridgehead atoms. The molecule has 0 fully saturated rings. The Kier molecular flexibility index (Phi) is 7.45. The van der Waals surface area contributed by atoms with E-state index in [0.29, 0.717) is 47.5 Å². The summed E-state index contributed by atoms with van der Waals surface area (Å²) in [6.45, 7) is 6.35. The van der Waals surface area contributed by atoms with Gasteiger partial charge >= 0.3 is 0 Å². The summed E-state index contributed by atoms with van der Waals surface area (Å²) in [5, 5.41) is 13.2. The fourth-order valence-electron chi connectivity index (χ4n) is 6.30. The number of benzene rings is 3. The summed E-state index contributed by atoms with van der Waals surface area (Å²) < 4.78 is 29.5. The first kappa shape index (κ1) is 29.7. The average molecular weight is 604 g/mol. The molecular weight excluding hydrogens is 572 g/mol. The van der Waals surface area contributed by atoms with Gasteiger partial charge < -0.3 is 15.6 Å². The number of amides is 2. The molecule has 0 spiro atoms. The van der Waals surface area contributed by atoms with Gasteiger partial charge in [0.2, 0.25) is 0 Å². The first-order valence-electron chi connectivity index (χ1n) is 14.7. The van der Waals surface area contributed by atoms with Crippen molar-refractivity contribution in [3.63, 3.8) is 0 Å². The zero-order chi connectivity index (χ0) is 32.0. The predicted octanol–water partition coefficient (Wildman–Crippen LogP) is 6.40. The molecule has 3 aromatic carbocycles. The number of pyridine rings is 1. The van der Waals surface area contributed by atoms with Gasteiger partial charge in [-0.25, -0.2) is 8.78 Å². The minimum Gasteiger partial charge on any atom is -0.366 e. The fourth-order valence-corrected chi connectivity index (χ4v) is 6.30. The number of nitrogens with one attached hydrogen (secondary N) is 1. The van der Waals surface area contributed by atoms with Crippen LogP contribution in [0.3, 0.4) is 0 Å². The third-order valence-corrected chi connectivity index (χ3v) is 8.29. The van der Waals surface area contributed by atoms with Crippen LogP contribution in [0.25, 0.3) is 22.0 Å². The number of aromatic nitrogens is 2. The third-order valence-electron chi connectivity index (χ3n) is 8.29. The SMILES string of the molecule is CC(C)Cc1nc2c(c(-c3ccc4c(ccn4Cc4ccc(F)c(C#N)c4)c3)c1C(N)=O)C(=O)N[C@@]2(C)Cc1ccc(F)cc1. The molecule has 0 saturated heterocycles. The van der Waals surface area contributed by atoms with Crippen LogP contribution in [0.1, 0.15) is 69.6 Å². The maximum atomic E-state index is 13.9. The van der Waals surface area contributed by atoms with E-state index in [1.54, 1.807) is 18.2 Å². The molecule has 45 heavy (non-hydrogen) atoms. The molecule has 2 amide bonds. The monoisotopic (exact) mass is 603 g/mol. The Balaban J connectivity index is 1.50. The first-order chi connectivity index (χ1) is 21.5. The van der Waals surface area contributed by atoms with Crippen LogP contribution >= 0.6 is 0 Å². The Bertz CT molecular complexity index is 2040. The molecule has 3 heterocycles. The van der Waals surface area contributed by atoms with Crippen molar-refractivity contribution in [2.75, 3.05) is 0 Å². The molecule has 6 rings (SSSR count). The Morgan fingerprint density at radius 3 is 2.47 bits per heavy atom. The van der Waals surface area contributed by atoms with E-state index in [-0.39, 0.29) is 28.8 Å². The van der Waals surface area contributed by atoms with Crippen LogP contribution in [0.4, 0.5) is 8.78 Å². The van der Waals surface area contributed by atoms with Gasteiger partial charge in [-0.3, -0.25) is 14.6 Å². The van der Waals surface area contributed by atoms with Crippen LogP contribution in [0.15, 0.2) is 72.9 Å². The van der Waals surface area contributed by atoms with Crippen molar-refractivity contribution in [3.05, 3.63) is 124 Å². The highest BCUT2D eigenvalue weighted by Gasteiger charge is 2.44. The zero-order valence-corrected chi connectivity index (χ0v) is 25.1. The molecule has 226 valence electrons. The van der Waals surface area contributed by atoms with Crippen molar-refractivity contribution in [1.82, 2.24) is 14.9 Å². The van der Waals surface area contributed by atoms with Crippen molar-refractivity contribution < 1.29 is 18.4 Å². The van der Waals surface area contributed by atoms with Gasteiger partial charge in [0.1, 0.15) is 17.7 Å². The van der Waals surface area contributed by atoms with Gasteiger partial charge in [-0.05, 0) is 78.4 Å². The number of carbonyl (C=O) groups excluding carboxylic acids is 2. The topological polar surface area (TPSA) is 114 Å². The molecule has 7 nitrogen and oxygen atoms in total. The lowest BCUT2D eigenvalue weighted by molar-refractivity contribution is 0.0935. The molecule has 5 aromatic rings. The quantitative estimate of drug-likeness (QED) is 0.214. The summed E-state index contributed by atoms with van der Waals surface area (Å²) >= 11 is 0. The normalized spacial score (nSPS) is 15.7. The summed E-state index contributed by atoms with van der Waals surface area (Å²) in [5.74, 6) is -1.79. The van der Waals surface area contributed by atoms with Crippen molar-refractivity contribution >= 4 is 22.7 Å². The van der Waals surface area contributed by atoms with Crippen molar-refractivity contribution in [2.24, 2.45) is 11.7 Å². The van der Waals surface area contributed by atoms with Crippen molar-refractivity contribution in [3.8, 4) is 17.2 Å². The largest absolute Gasteiger partial charge is 0.366 e. The van der Waals surface area contributed by atoms with Gasteiger partial charge in [0.05, 0.1) is 33.6 Å². The van der Waals surface area contributed by atoms with Crippen LogP contribution in [0, 0.1) is 28.9 Å². The number of nitrogens with zero attached hydrogens (tertiary/aromatic N) is 3. The molecule has 3 N–H and O–H groups in total. The van der Waals surface area contributed by atoms with E-state index in [2.05, 4.69) is 5.32 Å². The molecular formula is C36H31F2N5O2. The lowest BCUT2D eigenvalue weighted by Gasteiger charge is -2.26. The molecule has 0 aliphatic carbocycles. The van der Waals surface area contributed by atoms with Gasteiger partial charge in [0, 0.05) is 35.6 Å². The minimum absolute atomic E-state index is 0.0151. The van der Waals surface area contributed by atoms with E-state index in [4.69, 9.17) is 10.7 Å². The second kappa shape index (κ2) is 11.3. The van der Waals surface area contributed by atoms with Crippen LogP contribution in [-0.4, -0.2) is 21.4 Å². The maximum Gasteiger partial charge on any atom is 0.254 e. The molecule has 1 aliphatic heterocycles. The molecule has 1 aliphatic rings. The molecule has 1 atom stereocenters. The number of hydrogen-bond donors (Lipinski definition) is 2. The number of nitrogens with two attached hydrogens (primary N) is 1. The van der Waals surface area contributed by atoms with E-state index < -0.39 is 17.3 Å². The number of nitriles is 1. The highest BCUT2D eigenvalue weighted by atomic mass is 19.1. The standard InChI is InChI=1S/C36H31F2N5O2/c1-20(2)14-28-31(34(40)44)30(32-33(41-28)36(3,42-35(32)45)17-21-4-8-26(37)9-5-21)24-7-11-29-23(16-24)12-13-43(29)19-22-6-10-27(38)25(15-22)18-39/h4-13,15-16,20H,14,17,19H2,1-3H3,(H2,40,44)(H,42,45)/t36-/m0/s1. The molecule has 0 radical (unpaired) electrons. The number of rotatable bonds is 8. The third kappa shape index (κ3) is 5.44. The van der Waals surface area contributed by atoms with E-state index >= 15 is 0 Å². The van der Waals surface area contributed by atoms with E-state index in [1.807, 2.05) is 61.9 Å². The van der Waals surface area contributed by atoms with Crippen molar-refractivity contribution in [1.29, 1.82) is 5.26 Å². The first-order valence-corrected chi connectivity index (χ1v) is 14.7. The van der Waals surface area contributed by atoms with E-state index in [0.717, 1.165) is 22.0 Å². The number of hydrogen-bond acceptors (Lipinski definition) is 4. The zero-order valence-electron chi connectivity index (χ0n) is 25.1. The van der Waals surface area contributed by atoms with Gasteiger partial charge in [-0.2, -0.15) is 5.26 Å². The average Bonchev–Trinajstić information content (AvgIpc) is 3.50. The number of primary amides is 1. The highest BCUT2D eigenvalue weighted by molar-refractivity contribution is 6.12. The molecule has 9 heteroatoms. The smallest absolute Gasteiger partial charge is 0.254 e. The van der Waals surface area contributed by atoms with Crippen LogP contribution in [0.2, 0.25) is 0 Å². The van der Waals surface area contributed by atoms with Crippen LogP contribution in [-0.2, 0) is 24.9 Å². The summed E-state index contributed by atoms with van der Waals surface area (Å²) in [6, 6.07) is 20.1. The molecule has 0 unspecified atom stereocenters. The van der Waals surface area contributed by atoms with E-state index in [9.17, 15) is 23.6 Å². The Hall–Kier alpha value is -5.36. The van der Waals surface area contributed by atoms with Gasteiger partial charge in [-0.1, -0.05) is 38.1 Å². The highest BCUT2D eigenvalue weighted by Crippen LogP contribution is 2.42. The van der Waals surface area contributed by atoms with Gasteiger partial charge in [0.25, 0.3) is 11.8 Å². The van der Waals surface area contributed by atoms with Crippen LogP contribution in [0.5, 0.6) is 0 Å². The van der Waals surface area contributed by atoms with Crippen LogP contribution < -0.4 is 11.1 Å². The lowest BCUT2D eigenvalue weighted by Crippen LogP contribution is -2.39. The Labute approximate surface area is 259 Å². The Morgan fingerprint density at radius 2 is 1.78 bits per heavy atom. The van der Waals surface area contributed by atoms with Crippen molar-refractivity contribution in [2.45, 2.75) is 45.7 Å². The summed E-state index contributed by atoms with van der Waals surface area (Å²) in [4.78, 5) is 31.8. The fraction of sp³-hybridized carbons (Fsp3) is 0.222. The molecule has 0 saturated carbocycles. The van der Waals surface area contributed by atoms with E-state index in [1.165, 1.54) is 24.3 Å². The minimum atomic E-state index is -0.911. The van der Waals surface area contributed by atoms with Gasteiger partial charge in [-0.15, -0.1) is 0 Å². The summed E-state index contributed by atoms with van der Waals surface area (Å²) in [7, 11) is 0. The summed E-state index contributed by atoms with van der Waals surface area (Å²) in [6.07, 6.45) is 2.74. The predicted molar refractivity (Wildman–Crippen MR) is 167 cm³/mol. The van der Waals surface area contributed by atoms with Gasteiger partial charge in [0.15, 0.2) is 0 Å². The number of carbonyl (C=O) groups is 2.